The Bertz CT molecular complexity index is 833. The summed E-state index contributed by atoms with van der Waals surface area (Å²) >= 11 is 0. The minimum atomic E-state index is -0.819. The molecular weight excluding hydrogens is 338 g/mol. The SMILES string of the molecule is O=C(O)CC1C2CCCCC2CN1C(=O)c1ccccc1-c1ccccc1. The lowest BCUT2D eigenvalue weighted by Gasteiger charge is -2.29. The predicted molar refractivity (Wildman–Crippen MR) is 104 cm³/mol. The number of benzene rings is 2. The van der Waals surface area contributed by atoms with Crippen LogP contribution in [0.2, 0.25) is 0 Å². The van der Waals surface area contributed by atoms with Crippen LogP contribution in [0.3, 0.4) is 0 Å². The Morgan fingerprint density at radius 2 is 1.67 bits per heavy atom. The fraction of sp³-hybridized carbons (Fsp3) is 0.391. The summed E-state index contributed by atoms with van der Waals surface area (Å²) in [5.41, 5.74) is 2.58. The van der Waals surface area contributed by atoms with Crippen LogP contribution in [-0.4, -0.2) is 34.5 Å². The molecular formula is C23H25NO3. The van der Waals surface area contributed by atoms with Crippen molar-refractivity contribution >= 4 is 11.9 Å². The highest BCUT2D eigenvalue weighted by Gasteiger charge is 2.45. The molecule has 0 bridgehead atoms. The van der Waals surface area contributed by atoms with E-state index in [1.165, 1.54) is 6.42 Å². The van der Waals surface area contributed by atoms with Crippen LogP contribution in [0.4, 0.5) is 0 Å². The fourth-order valence-corrected chi connectivity index (χ4v) is 4.96. The second-order valence-corrected chi connectivity index (χ2v) is 7.74. The third kappa shape index (κ3) is 3.48. The first-order chi connectivity index (χ1) is 13.1. The third-order valence-corrected chi connectivity index (χ3v) is 6.18. The predicted octanol–water partition coefficient (Wildman–Crippen LogP) is 4.46. The van der Waals surface area contributed by atoms with Crippen molar-refractivity contribution in [1.29, 1.82) is 0 Å². The van der Waals surface area contributed by atoms with Crippen LogP contribution in [0.15, 0.2) is 54.6 Å². The van der Waals surface area contributed by atoms with Gasteiger partial charge in [-0.3, -0.25) is 9.59 Å². The van der Waals surface area contributed by atoms with E-state index in [0.29, 0.717) is 23.9 Å². The van der Waals surface area contributed by atoms with Gasteiger partial charge in [-0.25, -0.2) is 0 Å². The molecule has 0 radical (unpaired) electrons. The molecule has 1 aliphatic heterocycles. The molecule has 1 N–H and O–H groups in total. The van der Waals surface area contributed by atoms with Crippen LogP contribution in [0, 0.1) is 11.8 Å². The molecule has 2 aliphatic rings. The van der Waals surface area contributed by atoms with Crippen molar-refractivity contribution in [2.24, 2.45) is 11.8 Å². The quantitative estimate of drug-likeness (QED) is 0.872. The molecule has 2 fully saturated rings. The van der Waals surface area contributed by atoms with Gasteiger partial charge in [-0.1, -0.05) is 61.4 Å². The van der Waals surface area contributed by atoms with Gasteiger partial charge in [0.25, 0.3) is 5.91 Å². The molecule has 4 rings (SSSR count). The van der Waals surface area contributed by atoms with Crippen molar-refractivity contribution < 1.29 is 14.7 Å². The largest absolute Gasteiger partial charge is 0.481 e. The molecule has 2 aromatic carbocycles. The van der Waals surface area contributed by atoms with E-state index in [9.17, 15) is 14.7 Å². The zero-order valence-electron chi connectivity index (χ0n) is 15.4. The maximum Gasteiger partial charge on any atom is 0.305 e. The number of likely N-dealkylation sites (tertiary alicyclic amines) is 1. The lowest BCUT2D eigenvalue weighted by Crippen LogP contribution is -2.39. The average Bonchev–Trinajstić information content (AvgIpc) is 3.06. The van der Waals surface area contributed by atoms with Crippen LogP contribution in [0.1, 0.15) is 42.5 Å². The molecule has 3 atom stereocenters. The number of carbonyl (C=O) groups is 2. The molecule has 2 aromatic rings. The Kier molecular flexibility index (Phi) is 4.97. The van der Waals surface area contributed by atoms with E-state index >= 15 is 0 Å². The number of aliphatic carboxylic acids is 1. The van der Waals surface area contributed by atoms with Gasteiger partial charge in [0.2, 0.25) is 0 Å². The summed E-state index contributed by atoms with van der Waals surface area (Å²) in [4.78, 5) is 26.9. The third-order valence-electron chi connectivity index (χ3n) is 6.18. The van der Waals surface area contributed by atoms with Crippen molar-refractivity contribution in [3.05, 3.63) is 60.2 Å². The van der Waals surface area contributed by atoms with Gasteiger partial charge in [-0.15, -0.1) is 0 Å². The molecule has 1 heterocycles. The number of rotatable bonds is 4. The van der Waals surface area contributed by atoms with Crippen LogP contribution in [0.5, 0.6) is 0 Å². The number of hydrogen-bond acceptors (Lipinski definition) is 2. The average molecular weight is 363 g/mol. The zero-order valence-corrected chi connectivity index (χ0v) is 15.4. The van der Waals surface area contributed by atoms with Gasteiger partial charge in [-0.05, 0) is 41.9 Å². The maximum absolute atomic E-state index is 13.5. The number of amides is 1. The van der Waals surface area contributed by atoms with Crippen LogP contribution < -0.4 is 0 Å². The van der Waals surface area contributed by atoms with Gasteiger partial charge < -0.3 is 10.0 Å². The summed E-state index contributed by atoms with van der Waals surface area (Å²) in [7, 11) is 0. The van der Waals surface area contributed by atoms with Gasteiger partial charge in [0.05, 0.1) is 6.42 Å². The lowest BCUT2D eigenvalue weighted by atomic mass is 9.78. The molecule has 140 valence electrons. The smallest absolute Gasteiger partial charge is 0.305 e. The summed E-state index contributed by atoms with van der Waals surface area (Å²) < 4.78 is 0. The highest BCUT2D eigenvalue weighted by atomic mass is 16.4. The van der Waals surface area contributed by atoms with E-state index < -0.39 is 5.97 Å². The van der Waals surface area contributed by atoms with Crippen molar-refractivity contribution in [2.75, 3.05) is 6.54 Å². The molecule has 1 saturated heterocycles. The van der Waals surface area contributed by atoms with E-state index in [4.69, 9.17) is 0 Å². The van der Waals surface area contributed by atoms with E-state index in [-0.39, 0.29) is 18.4 Å². The topological polar surface area (TPSA) is 57.6 Å². The number of carboxylic acids is 1. The van der Waals surface area contributed by atoms with E-state index in [1.807, 2.05) is 59.5 Å². The molecule has 27 heavy (non-hydrogen) atoms. The number of carboxylic acid groups (broad SMARTS) is 1. The van der Waals surface area contributed by atoms with Crippen LogP contribution >= 0.6 is 0 Å². The second-order valence-electron chi connectivity index (χ2n) is 7.74. The zero-order chi connectivity index (χ0) is 18.8. The summed E-state index contributed by atoms with van der Waals surface area (Å²) in [6, 6.07) is 17.4. The first-order valence-corrected chi connectivity index (χ1v) is 9.82. The highest BCUT2D eigenvalue weighted by Crippen LogP contribution is 2.42. The Hall–Kier alpha value is -2.62. The van der Waals surface area contributed by atoms with Crippen LogP contribution in [0.25, 0.3) is 11.1 Å². The number of fused-ring (bicyclic) bond motifs is 1. The first kappa shape index (κ1) is 17.8. The monoisotopic (exact) mass is 363 g/mol. The normalized spacial score (nSPS) is 24.4. The summed E-state index contributed by atoms with van der Waals surface area (Å²) in [6.45, 7) is 0.685. The Morgan fingerprint density at radius 1 is 0.963 bits per heavy atom. The fourth-order valence-electron chi connectivity index (χ4n) is 4.96. The van der Waals surface area contributed by atoms with Gasteiger partial charge in [0.1, 0.15) is 0 Å². The lowest BCUT2D eigenvalue weighted by molar-refractivity contribution is -0.138. The van der Waals surface area contributed by atoms with Crippen molar-refractivity contribution in [3.63, 3.8) is 0 Å². The molecule has 1 amide bonds. The summed E-state index contributed by atoms with van der Waals surface area (Å²) in [6.07, 6.45) is 4.50. The Morgan fingerprint density at radius 3 is 2.44 bits per heavy atom. The number of hydrogen-bond donors (Lipinski definition) is 1. The standard InChI is InChI=1S/C23H25NO3/c25-22(26)14-21-19-12-5-4-10-17(19)15-24(21)23(27)20-13-7-6-11-18(20)16-8-2-1-3-9-16/h1-3,6-9,11,13,17,19,21H,4-5,10,12,14-15H2,(H,25,26). The minimum absolute atomic E-state index is 0.0323. The van der Waals surface area contributed by atoms with Gasteiger partial charge in [-0.2, -0.15) is 0 Å². The van der Waals surface area contributed by atoms with Crippen molar-refractivity contribution in [1.82, 2.24) is 4.90 Å². The van der Waals surface area contributed by atoms with E-state index in [2.05, 4.69) is 0 Å². The molecule has 3 unspecified atom stereocenters. The number of nitrogens with zero attached hydrogens (tertiary/aromatic N) is 1. The maximum atomic E-state index is 13.5. The van der Waals surface area contributed by atoms with Gasteiger partial charge >= 0.3 is 5.97 Å². The van der Waals surface area contributed by atoms with E-state index in [1.54, 1.807) is 0 Å². The summed E-state index contributed by atoms with van der Waals surface area (Å²) in [5.74, 6) is -0.0888. The first-order valence-electron chi connectivity index (χ1n) is 9.82. The molecule has 1 saturated carbocycles. The Labute approximate surface area is 159 Å². The molecule has 0 spiro atoms. The van der Waals surface area contributed by atoms with Gasteiger partial charge in [0.15, 0.2) is 0 Å². The summed E-state index contributed by atoms with van der Waals surface area (Å²) in [5, 5.41) is 9.43. The number of carbonyl (C=O) groups excluding carboxylic acids is 1. The van der Waals surface area contributed by atoms with Crippen LogP contribution in [-0.2, 0) is 4.79 Å². The molecule has 4 heteroatoms. The second kappa shape index (κ2) is 7.55. The van der Waals surface area contributed by atoms with Crippen molar-refractivity contribution in [2.45, 2.75) is 38.1 Å². The van der Waals surface area contributed by atoms with Crippen molar-refractivity contribution in [3.8, 4) is 11.1 Å². The molecule has 4 nitrogen and oxygen atoms in total. The highest BCUT2D eigenvalue weighted by molar-refractivity contribution is 6.01. The molecule has 0 aromatic heterocycles. The molecule has 1 aliphatic carbocycles. The Balaban J connectivity index is 1.69. The minimum Gasteiger partial charge on any atom is -0.481 e. The van der Waals surface area contributed by atoms with E-state index in [0.717, 1.165) is 30.4 Å². The van der Waals surface area contributed by atoms with Gasteiger partial charge in [0, 0.05) is 18.2 Å².